The summed E-state index contributed by atoms with van der Waals surface area (Å²) in [4.78, 5) is 32.0. The van der Waals surface area contributed by atoms with Crippen LogP contribution < -0.4 is 10.5 Å². The summed E-state index contributed by atoms with van der Waals surface area (Å²) in [5, 5.41) is 3.81. The van der Waals surface area contributed by atoms with Crippen LogP contribution in [0.25, 0.3) is 90.9 Å². The summed E-state index contributed by atoms with van der Waals surface area (Å²) in [7, 11) is 1.69. The van der Waals surface area contributed by atoms with Gasteiger partial charge in [0.05, 0.1) is 22.8 Å². The van der Waals surface area contributed by atoms with Crippen molar-refractivity contribution >= 4 is 72.0 Å². The zero-order valence-electron chi connectivity index (χ0n) is 35.4. The Kier molecular flexibility index (Phi) is 10.8. The van der Waals surface area contributed by atoms with E-state index >= 15 is 0 Å². The Balaban J connectivity index is 1.17. The number of H-pyrrole nitrogens is 2. The predicted octanol–water partition coefficient (Wildman–Crippen LogP) is 11.7. The van der Waals surface area contributed by atoms with Crippen LogP contribution in [-0.4, -0.2) is 56.0 Å². The van der Waals surface area contributed by atoms with E-state index in [1.807, 2.05) is 91.0 Å². The summed E-state index contributed by atoms with van der Waals surface area (Å²) in [6, 6.07) is 54.6. The maximum atomic E-state index is 13.6. The molecule has 10 heteroatoms. The minimum absolute atomic E-state index is 0.240. The lowest BCUT2D eigenvalue weighted by atomic mass is 10.0. The van der Waals surface area contributed by atoms with Crippen molar-refractivity contribution in [1.82, 2.24) is 19.9 Å². The van der Waals surface area contributed by atoms with Gasteiger partial charge in [0.15, 0.2) is 0 Å². The van der Waals surface area contributed by atoms with Crippen LogP contribution in [0, 0.1) is 0 Å². The Hall–Kier alpha value is -7.73. The molecule has 5 heterocycles. The molecule has 1 amide bonds. The summed E-state index contributed by atoms with van der Waals surface area (Å²) >= 11 is 0. The lowest BCUT2D eigenvalue weighted by molar-refractivity contribution is 0.102. The van der Waals surface area contributed by atoms with E-state index in [9.17, 15) is 4.79 Å². The maximum Gasteiger partial charge on any atom is 0.536 e. The average molecular weight is 854 g/mol. The van der Waals surface area contributed by atoms with Crippen LogP contribution in [0.3, 0.4) is 0 Å². The molecule has 10 rings (SSSR count). The molecule has 3 aromatic heterocycles. The largest absolute Gasteiger partial charge is 0.536 e. The first-order valence-electron chi connectivity index (χ1n) is 21.0. The molecule has 0 fully saturated rings. The summed E-state index contributed by atoms with van der Waals surface area (Å²) < 4.78 is 16.9. The van der Waals surface area contributed by atoms with Crippen LogP contribution in [0.1, 0.15) is 33.1 Å². The van der Waals surface area contributed by atoms with E-state index in [1.54, 1.807) is 21.3 Å². The molecule has 5 aromatic carbocycles. The van der Waals surface area contributed by atoms with Gasteiger partial charge < -0.3 is 28.6 Å². The first-order valence-corrected chi connectivity index (χ1v) is 22.7. The van der Waals surface area contributed by atoms with Gasteiger partial charge >= 0.3 is 8.80 Å². The van der Waals surface area contributed by atoms with Crippen LogP contribution in [0.4, 0.5) is 5.69 Å². The van der Waals surface area contributed by atoms with E-state index in [-0.39, 0.29) is 5.91 Å². The van der Waals surface area contributed by atoms with Crippen LogP contribution in [-0.2, 0) is 13.3 Å². The number of benzene rings is 5. The van der Waals surface area contributed by atoms with Gasteiger partial charge in [0.1, 0.15) is 0 Å². The van der Waals surface area contributed by atoms with Crippen molar-refractivity contribution < 1.29 is 18.1 Å². The van der Waals surface area contributed by atoms with Gasteiger partial charge in [0.25, 0.3) is 5.91 Å². The second kappa shape index (κ2) is 17.2. The highest BCUT2D eigenvalue weighted by atomic mass is 28.4. The highest BCUT2D eigenvalue weighted by Gasteiger charge is 2.40. The van der Waals surface area contributed by atoms with E-state index < -0.39 is 8.80 Å². The molecule has 0 aliphatic carbocycles. The lowest BCUT2D eigenvalue weighted by Gasteiger charge is -2.24. The Morgan fingerprint density at radius 1 is 0.438 bits per heavy atom. The number of rotatable bonds is 10. The number of carbonyl (C=O) groups is 1. The Bertz CT molecular complexity index is 3200. The van der Waals surface area contributed by atoms with Crippen LogP contribution in [0.15, 0.2) is 164 Å². The molecule has 0 saturated heterocycles. The van der Waals surface area contributed by atoms with Gasteiger partial charge in [-0.25, -0.2) is 9.97 Å². The van der Waals surface area contributed by atoms with Crippen molar-refractivity contribution in [2.45, 2.75) is 0 Å². The van der Waals surface area contributed by atoms with Crippen molar-refractivity contribution in [3.05, 3.63) is 192 Å². The van der Waals surface area contributed by atoms with E-state index in [0.29, 0.717) is 11.3 Å². The Morgan fingerprint density at radius 3 is 1.12 bits per heavy atom. The number of aromatic nitrogens is 4. The Labute approximate surface area is 371 Å². The number of fused-ring (bicyclic) bond motifs is 8. The van der Waals surface area contributed by atoms with Crippen molar-refractivity contribution in [1.29, 1.82) is 0 Å². The highest BCUT2D eigenvalue weighted by molar-refractivity contribution is 6.75. The monoisotopic (exact) mass is 853 g/mol. The number of hydrogen-bond acceptors (Lipinski definition) is 6. The lowest BCUT2D eigenvalue weighted by Crippen LogP contribution is -2.54. The molecule has 2 aliphatic heterocycles. The third kappa shape index (κ3) is 7.50. The number of amides is 1. The molecule has 0 unspecified atom stereocenters. The fourth-order valence-corrected chi connectivity index (χ4v) is 10.4. The van der Waals surface area contributed by atoms with Crippen LogP contribution in [0.2, 0.25) is 0 Å². The average Bonchev–Trinajstić information content (AvgIpc) is 4.20. The molecule has 0 radical (unpaired) electrons. The normalized spacial score (nSPS) is 12.1. The van der Waals surface area contributed by atoms with Gasteiger partial charge in [0, 0.05) is 82.1 Å². The molecule has 0 atom stereocenters. The van der Waals surface area contributed by atoms with E-state index in [2.05, 4.69) is 112 Å². The summed E-state index contributed by atoms with van der Waals surface area (Å²) in [6.07, 6.45) is 8.36. The summed E-state index contributed by atoms with van der Waals surface area (Å²) in [6.45, 7) is 0. The number of hydrogen-bond donors (Lipinski definition) is 3. The number of aromatic amines is 2. The molecule has 0 saturated carbocycles. The summed E-state index contributed by atoms with van der Waals surface area (Å²) in [5.41, 5.74) is 15.9. The van der Waals surface area contributed by atoms with Gasteiger partial charge in [-0.3, -0.25) is 4.79 Å². The minimum Gasteiger partial charge on any atom is -0.373 e. The van der Waals surface area contributed by atoms with Crippen molar-refractivity contribution in [3.63, 3.8) is 0 Å². The quantitative estimate of drug-likeness (QED) is 0.118. The van der Waals surface area contributed by atoms with Crippen molar-refractivity contribution in [3.8, 4) is 44.5 Å². The third-order valence-corrected chi connectivity index (χ3v) is 14.3. The fourth-order valence-electron chi connectivity index (χ4n) is 8.59. The van der Waals surface area contributed by atoms with Crippen molar-refractivity contribution in [2.24, 2.45) is 0 Å². The SMILES string of the molecule is CO[Si](OC)(OC)c1ccc(NC(=O)c2ccc(-c3c4nc(c(-c5ccccc5)c5ccc([nH]5)c(-c5ccccc5)c5nc(c(-c6ccccc6)c6ccc3[nH]6)C=C5)C=C4)cc2)cc1. The smallest absolute Gasteiger partial charge is 0.373 e. The molecular formula is C54H43N5O4Si. The number of nitrogens with one attached hydrogen (secondary N) is 3. The molecular weight excluding hydrogens is 811 g/mol. The third-order valence-electron chi connectivity index (χ3n) is 11.7. The molecule has 312 valence electrons. The molecule has 64 heavy (non-hydrogen) atoms. The first-order chi connectivity index (χ1) is 31.4. The van der Waals surface area contributed by atoms with Crippen LogP contribution >= 0.6 is 0 Å². The standard InChI is InChI=1S/C54H43N5O4Si/c1-61-64(62-2,63-3)41-25-23-40(24-26-41)55-54(60)39-21-19-38(20-22-39)53-48-33-31-46(58-48)51(36-15-9-5-10-16-36)44-29-27-42(56-44)50(35-13-7-4-8-14-35)43-28-30-45(57-43)52(37-17-11-6-12-18-37)47-32-34-49(53)59-47/h4-34,56,59H,1-3H3,(H,55,60). The molecule has 0 spiro atoms. The molecule has 8 aromatic rings. The van der Waals surface area contributed by atoms with Gasteiger partial charge in [-0.15, -0.1) is 0 Å². The number of nitrogens with zero attached hydrogens (tertiary/aromatic N) is 2. The second-order valence-electron chi connectivity index (χ2n) is 15.4. The second-order valence-corrected chi connectivity index (χ2v) is 18.3. The van der Waals surface area contributed by atoms with Crippen molar-refractivity contribution in [2.75, 3.05) is 26.6 Å². The minimum atomic E-state index is -3.01. The molecule has 9 nitrogen and oxygen atoms in total. The van der Waals surface area contributed by atoms with Gasteiger partial charge in [-0.1, -0.05) is 115 Å². The van der Waals surface area contributed by atoms with Crippen LogP contribution in [0.5, 0.6) is 0 Å². The molecule has 2 aliphatic rings. The Morgan fingerprint density at radius 2 is 0.781 bits per heavy atom. The topological polar surface area (TPSA) is 114 Å². The van der Waals surface area contributed by atoms with Gasteiger partial charge in [-0.2, -0.15) is 0 Å². The molecule has 8 bridgehead atoms. The first kappa shape index (κ1) is 40.3. The zero-order chi connectivity index (χ0) is 43.6. The summed E-state index contributed by atoms with van der Waals surface area (Å²) in [5.74, 6) is -0.240. The van der Waals surface area contributed by atoms with E-state index in [1.165, 1.54) is 0 Å². The van der Waals surface area contributed by atoms with Gasteiger partial charge in [0.2, 0.25) is 0 Å². The van der Waals surface area contributed by atoms with E-state index in [0.717, 1.165) is 94.5 Å². The fraction of sp³-hybridized carbons (Fsp3) is 0.0556. The highest BCUT2D eigenvalue weighted by Crippen LogP contribution is 2.38. The van der Waals surface area contributed by atoms with E-state index in [4.69, 9.17) is 23.2 Å². The van der Waals surface area contributed by atoms with Gasteiger partial charge in [-0.05, 0) is 95.1 Å². The zero-order valence-corrected chi connectivity index (χ0v) is 36.4. The predicted molar refractivity (Wildman–Crippen MR) is 261 cm³/mol. The number of anilines is 1. The maximum absolute atomic E-state index is 13.6. The molecule has 3 N–H and O–H groups in total. The number of carbonyl (C=O) groups excluding carboxylic acids is 1.